The van der Waals surface area contributed by atoms with E-state index >= 15 is 0 Å². The van der Waals surface area contributed by atoms with Gasteiger partial charge in [0.15, 0.2) is 5.78 Å². The molecule has 1 aromatic carbocycles. The first kappa shape index (κ1) is 14.6. The molecule has 2 rings (SSSR count). The molecule has 0 aliphatic heterocycles. The van der Waals surface area contributed by atoms with Gasteiger partial charge in [0.05, 0.1) is 16.0 Å². The van der Waals surface area contributed by atoms with E-state index in [0.717, 1.165) is 29.0 Å². The number of thiophene rings is 1. The molecule has 1 atom stereocenters. The maximum atomic E-state index is 13.7. The van der Waals surface area contributed by atoms with Gasteiger partial charge >= 0.3 is 0 Å². The predicted molar refractivity (Wildman–Crippen MR) is 73.1 cm³/mol. The number of carbonyl (C=O) groups excluding carboxylic acids is 1. The third-order valence-corrected chi connectivity index (χ3v) is 4.50. The van der Waals surface area contributed by atoms with Crippen molar-refractivity contribution >= 4 is 28.7 Å². The van der Waals surface area contributed by atoms with Crippen LogP contribution in [0.5, 0.6) is 0 Å². The molecule has 2 nitrogen and oxygen atoms in total. The van der Waals surface area contributed by atoms with Crippen LogP contribution in [-0.2, 0) is 0 Å². The Bertz CT molecular complexity index is 720. The minimum atomic E-state index is -1.34. The number of hydrogen-bond acceptors (Lipinski definition) is 3. The van der Waals surface area contributed by atoms with E-state index in [2.05, 4.69) is 0 Å². The fourth-order valence-electron chi connectivity index (χ4n) is 1.73. The van der Waals surface area contributed by atoms with E-state index in [1.54, 1.807) is 18.4 Å². The van der Waals surface area contributed by atoms with Crippen LogP contribution in [0.3, 0.4) is 0 Å². The number of nitrogens with zero attached hydrogens (tertiary/aromatic N) is 1. The van der Waals surface area contributed by atoms with Crippen molar-refractivity contribution in [3.8, 4) is 6.07 Å². The Morgan fingerprint density at radius 3 is 2.65 bits per heavy atom. The van der Waals surface area contributed by atoms with Gasteiger partial charge in [-0.1, -0.05) is 17.7 Å². The molecule has 0 radical (unpaired) electrons. The highest BCUT2D eigenvalue weighted by Gasteiger charge is 2.28. The maximum absolute atomic E-state index is 13.7. The minimum absolute atomic E-state index is 0.152. The summed E-state index contributed by atoms with van der Waals surface area (Å²) in [7, 11) is 0. The summed E-state index contributed by atoms with van der Waals surface area (Å²) < 4.78 is 26.6. The molecule has 1 aromatic heterocycles. The van der Waals surface area contributed by atoms with E-state index in [4.69, 9.17) is 16.9 Å². The van der Waals surface area contributed by atoms with Crippen LogP contribution in [-0.4, -0.2) is 5.78 Å². The molecule has 1 heterocycles. The summed E-state index contributed by atoms with van der Waals surface area (Å²) in [6.45, 7) is 1.73. The Kier molecular flexibility index (Phi) is 4.17. The lowest BCUT2D eigenvalue weighted by Crippen LogP contribution is -2.12. The zero-order chi connectivity index (χ0) is 14.9. The van der Waals surface area contributed by atoms with Crippen LogP contribution in [0.25, 0.3) is 0 Å². The van der Waals surface area contributed by atoms with Gasteiger partial charge in [0, 0.05) is 11.6 Å². The van der Waals surface area contributed by atoms with E-state index < -0.39 is 23.3 Å². The fraction of sp³-hybridized carbons (Fsp3) is 0.143. The molecule has 0 bridgehead atoms. The van der Waals surface area contributed by atoms with E-state index in [1.807, 2.05) is 0 Å². The van der Waals surface area contributed by atoms with Crippen molar-refractivity contribution in [2.24, 2.45) is 0 Å². The van der Waals surface area contributed by atoms with Gasteiger partial charge in [-0.2, -0.15) is 5.26 Å². The molecule has 0 amide bonds. The Morgan fingerprint density at radius 2 is 2.15 bits per heavy atom. The van der Waals surface area contributed by atoms with E-state index in [0.29, 0.717) is 6.07 Å². The molecule has 0 fully saturated rings. The van der Waals surface area contributed by atoms with Crippen LogP contribution < -0.4 is 0 Å². The largest absolute Gasteiger partial charge is 0.291 e. The summed E-state index contributed by atoms with van der Waals surface area (Å²) in [5.74, 6) is -3.61. The molecular weight excluding hydrogens is 304 g/mol. The van der Waals surface area contributed by atoms with Gasteiger partial charge in [-0.05, 0) is 23.9 Å². The van der Waals surface area contributed by atoms with Crippen LogP contribution in [0.2, 0.25) is 5.02 Å². The van der Waals surface area contributed by atoms with Crippen molar-refractivity contribution < 1.29 is 13.6 Å². The summed E-state index contributed by atoms with van der Waals surface area (Å²) in [6.07, 6.45) is 0. The van der Waals surface area contributed by atoms with Crippen LogP contribution >= 0.6 is 22.9 Å². The monoisotopic (exact) mass is 311 g/mol. The molecular formula is C14H8ClF2NOS. The van der Waals surface area contributed by atoms with Gasteiger partial charge in [0.25, 0.3) is 0 Å². The second-order valence-electron chi connectivity index (χ2n) is 4.15. The lowest BCUT2D eigenvalue weighted by molar-refractivity contribution is 0.0981. The third-order valence-electron chi connectivity index (χ3n) is 2.79. The Labute approximate surface area is 123 Å². The van der Waals surface area contributed by atoms with E-state index in [9.17, 15) is 13.6 Å². The number of hydrogen-bond donors (Lipinski definition) is 0. The molecule has 102 valence electrons. The SMILES string of the molecule is Cc1csc(C(=O)C(C#N)c2ccc(F)cc2F)c1Cl. The quantitative estimate of drug-likeness (QED) is 0.784. The third kappa shape index (κ3) is 2.58. The summed E-state index contributed by atoms with van der Waals surface area (Å²) in [5.41, 5.74) is 0.567. The molecule has 1 unspecified atom stereocenters. The van der Waals surface area contributed by atoms with Crippen molar-refractivity contribution in [2.75, 3.05) is 0 Å². The van der Waals surface area contributed by atoms with Gasteiger partial charge < -0.3 is 0 Å². The van der Waals surface area contributed by atoms with Crippen LogP contribution in [0, 0.1) is 29.9 Å². The predicted octanol–water partition coefficient (Wildman–Crippen LogP) is 4.48. The van der Waals surface area contributed by atoms with Gasteiger partial charge in [0.2, 0.25) is 0 Å². The number of Topliss-reactive ketones (excluding diaryl/α,β-unsaturated/α-hetero) is 1. The maximum Gasteiger partial charge on any atom is 0.195 e. The highest BCUT2D eigenvalue weighted by molar-refractivity contribution is 7.13. The summed E-state index contributed by atoms with van der Waals surface area (Å²) in [6, 6.07) is 4.51. The summed E-state index contributed by atoms with van der Waals surface area (Å²) >= 11 is 7.09. The Balaban J connectivity index is 2.45. The number of rotatable bonds is 3. The lowest BCUT2D eigenvalue weighted by atomic mass is 9.94. The van der Waals surface area contributed by atoms with Crippen molar-refractivity contribution in [1.82, 2.24) is 0 Å². The van der Waals surface area contributed by atoms with Gasteiger partial charge in [-0.25, -0.2) is 8.78 Å². The van der Waals surface area contributed by atoms with Crippen LogP contribution in [0.15, 0.2) is 23.6 Å². The molecule has 20 heavy (non-hydrogen) atoms. The smallest absolute Gasteiger partial charge is 0.195 e. The molecule has 0 N–H and O–H groups in total. The summed E-state index contributed by atoms with van der Waals surface area (Å²) in [5, 5.41) is 11.1. The van der Waals surface area contributed by atoms with Gasteiger partial charge in [-0.3, -0.25) is 4.79 Å². The van der Waals surface area contributed by atoms with Crippen LogP contribution in [0.4, 0.5) is 8.78 Å². The number of aryl methyl sites for hydroxylation is 1. The first-order valence-electron chi connectivity index (χ1n) is 5.58. The highest BCUT2D eigenvalue weighted by Crippen LogP contribution is 2.32. The molecule has 0 saturated heterocycles. The second kappa shape index (κ2) is 5.70. The standard InChI is InChI=1S/C14H8ClF2NOS/c1-7-6-20-14(12(7)15)13(19)10(5-18)9-3-2-8(16)4-11(9)17/h2-4,6,10H,1H3. The number of nitriles is 1. The molecule has 6 heteroatoms. The first-order chi connectivity index (χ1) is 9.45. The van der Waals surface area contributed by atoms with Crippen molar-refractivity contribution in [3.63, 3.8) is 0 Å². The van der Waals surface area contributed by atoms with Crippen molar-refractivity contribution in [3.05, 3.63) is 56.2 Å². The van der Waals surface area contributed by atoms with Crippen molar-refractivity contribution in [2.45, 2.75) is 12.8 Å². The van der Waals surface area contributed by atoms with E-state index in [1.165, 1.54) is 0 Å². The van der Waals surface area contributed by atoms with E-state index in [-0.39, 0.29) is 15.5 Å². The average Bonchev–Trinajstić information content (AvgIpc) is 2.73. The number of ketones is 1. The normalized spacial score (nSPS) is 11.9. The molecule has 0 saturated carbocycles. The second-order valence-corrected chi connectivity index (χ2v) is 5.41. The first-order valence-corrected chi connectivity index (χ1v) is 6.83. The Hall–Kier alpha value is -1.77. The van der Waals surface area contributed by atoms with Crippen LogP contribution in [0.1, 0.15) is 26.7 Å². The van der Waals surface area contributed by atoms with Gasteiger partial charge in [-0.15, -0.1) is 11.3 Å². The fourth-order valence-corrected chi connectivity index (χ4v) is 2.99. The van der Waals surface area contributed by atoms with Gasteiger partial charge in [0.1, 0.15) is 17.6 Å². The topological polar surface area (TPSA) is 40.9 Å². The lowest BCUT2D eigenvalue weighted by Gasteiger charge is -2.09. The zero-order valence-electron chi connectivity index (χ0n) is 10.3. The minimum Gasteiger partial charge on any atom is -0.291 e. The molecule has 0 aliphatic rings. The number of carbonyl (C=O) groups is 1. The number of halogens is 3. The average molecular weight is 312 g/mol. The molecule has 0 aliphatic carbocycles. The number of benzene rings is 1. The molecule has 2 aromatic rings. The molecule has 0 spiro atoms. The summed E-state index contributed by atoms with van der Waals surface area (Å²) in [4.78, 5) is 12.5. The highest BCUT2D eigenvalue weighted by atomic mass is 35.5. The van der Waals surface area contributed by atoms with Crippen molar-refractivity contribution in [1.29, 1.82) is 5.26 Å². The Morgan fingerprint density at radius 1 is 1.45 bits per heavy atom. The zero-order valence-corrected chi connectivity index (χ0v) is 11.9.